The van der Waals surface area contributed by atoms with Crippen LogP contribution in [0.2, 0.25) is 0 Å². The van der Waals surface area contributed by atoms with Crippen molar-refractivity contribution in [2.75, 3.05) is 5.84 Å². The van der Waals surface area contributed by atoms with E-state index in [0.29, 0.717) is 5.56 Å². The monoisotopic (exact) mass is 216 g/mol. The molecule has 0 bridgehead atoms. The summed E-state index contributed by atoms with van der Waals surface area (Å²) in [5.74, 6) is 5.50. The number of nitrogens with zero attached hydrogens (tertiary/aromatic N) is 2. The van der Waals surface area contributed by atoms with Gasteiger partial charge in [-0.15, -0.1) is 11.3 Å². The first kappa shape index (κ1) is 9.49. The van der Waals surface area contributed by atoms with E-state index in [1.165, 1.54) is 11.3 Å². The van der Waals surface area contributed by atoms with Gasteiger partial charge in [-0.3, -0.25) is 10.1 Å². The molecule has 0 aliphatic heterocycles. The Bertz CT molecular complexity index is 574. The highest BCUT2D eigenvalue weighted by molar-refractivity contribution is 7.13. The number of nitrogens with two attached hydrogens (primary N) is 1. The zero-order valence-corrected chi connectivity index (χ0v) is 8.58. The van der Waals surface area contributed by atoms with Crippen molar-refractivity contribution in [1.29, 1.82) is 10.7 Å². The summed E-state index contributed by atoms with van der Waals surface area (Å²) in [5, 5.41) is 18.6. The van der Waals surface area contributed by atoms with Crippen LogP contribution in [0.3, 0.4) is 0 Å². The SMILES string of the molecule is N#Cc1c(-c2cccs2)ccn(N)c1=N. The molecule has 0 unspecified atom stereocenters. The van der Waals surface area contributed by atoms with E-state index in [9.17, 15) is 0 Å². The summed E-state index contributed by atoms with van der Waals surface area (Å²) in [5.41, 5.74) is 1.10. The Hall–Kier alpha value is -2.06. The molecular weight excluding hydrogens is 208 g/mol. The van der Waals surface area contributed by atoms with Gasteiger partial charge in [-0.25, -0.2) is 0 Å². The van der Waals surface area contributed by atoms with E-state index < -0.39 is 0 Å². The number of pyridine rings is 1. The van der Waals surface area contributed by atoms with Crippen LogP contribution in [0.4, 0.5) is 0 Å². The van der Waals surface area contributed by atoms with Gasteiger partial charge in [0.2, 0.25) is 0 Å². The van der Waals surface area contributed by atoms with Crippen molar-refractivity contribution in [2.24, 2.45) is 0 Å². The van der Waals surface area contributed by atoms with Crippen molar-refractivity contribution >= 4 is 11.3 Å². The van der Waals surface area contributed by atoms with Crippen LogP contribution in [0.25, 0.3) is 10.4 Å². The highest BCUT2D eigenvalue weighted by Gasteiger charge is 2.08. The van der Waals surface area contributed by atoms with E-state index >= 15 is 0 Å². The Morgan fingerprint density at radius 3 is 2.87 bits per heavy atom. The summed E-state index contributed by atoms with van der Waals surface area (Å²) in [4.78, 5) is 0.973. The van der Waals surface area contributed by atoms with Gasteiger partial charge in [-0.2, -0.15) is 5.26 Å². The first-order chi connectivity index (χ1) is 7.24. The highest BCUT2D eigenvalue weighted by atomic mass is 32.1. The maximum atomic E-state index is 8.99. The summed E-state index contributed by atoms with van der Waals surface area (Å²) < 4.78 is 1.13. The maximum absolute atomic E-state index is 8.99. The molecule has 0 atom stereocenters. The smallest absolute Gasteiger partial charge is 0.162 e. The molecule has 3 N–H and O–H groups in total. The van der Waals surface area contributed by atoms with Crippen LogP contribution >= 0.6 is 11.3 Å². The molecule has 0 aliphatic rings. The number of hydrogen-bond donors (Lipinski definition) is 2. The molecule has 0 aromatic carbocycles. The van der Waals surface area contributed by atoms with Gasteiger partial charge in [-0.1, -0.05) is 6.07 Å². The number of rotatable bonds is 1. The Morgan fingerprint density at radius 1 is 1.47 bits per heavy atom. The van der Waals surface area contributed by atoms with Crippen LogP contribution < -0.4 is 11.3 Å². The lowest BCUT2D eigenvalue weighted by atomic mass is 10.1. The van der Waals surface area contributed by atoms with Gasteiger partial charge in [0, 0.05) is 16.6 Å². The van der Waals surface area contributed by atoms with Crippen LogP contribution in [0.15, 0.2) is 29.8 Å². The van der Waals surface area contributed by atoms with E-state index in [0.717, 1.165) is 15.1 Å². The second-order valence-corrected chi connectivity index (χ2v) is 3.90. The minimum atomic E-state index is 0.0309. The van der Waals surface area contributed by atoms with Crippen molar-refractivity contribution in [3.05, 3.63) is 40.8 Å². The third-order valence-corrected chi connectivity index (χ3v) is 2.97. The molecule has 2 heterocycles. The number of hydrogen-bond acceptors (Lipinski definition) is 4. The topological polar surface area (TPSA) is 78.6 Å². The van der Waals surface area contributed by atoms with Crippen LogP contribution in [0.1, 0.15) is 5.56 Å². The molecule has 2 aromatic heterocycles. The zero-order valence-electron chi connectivity index (χ0n) is 7.77. The quantitative estimate of drug-likeness (QED) is 0.704. The van der Waals surface area contributed by atoms with Gasteiger partial charge in [0.25, 0.3) is 0 Å². The molecule has 0 amide bonds. The first-order valence-corrected chi connectivity index (χ1v) is 5.11. The fourth-order valence-electron chi connectivity index (χ4n) is 1.32. The minimum absolute atomic E-state index is 0.0309. The Labute approximate surface area is 90.3 Å². The molecule has 74 valence electrons. The maximum Gasteiger partial charge on any atom is 0.162 e. The molecule has 2 rings (SSSR count). The van der Waals surface area contributed by atoms with Crippen molar-refractivity contribution in [3.8, 4) is 16.5 Å². The summed E-state index contributed by atoms with van der Waals surface area (Å²) in [7, 11) is 0. The van der Waals surface area contributed by atoms with Crippen LogP contribution in [0.5, 0.6) is 0 Å². The molecule has 15 heavy (non-hydrogen) atoms. The van der Waals surface area contributed by atoms with Crippen LogP contribution in [-0.4, -0.2) is 4.68 Å². The predicted molar refractivity (Wildman–Crippen MR) is 58.5 cm³/mol. The summed E-state index contributed by atoms with van der Waals surface area (Å²) >= 11 is 1.54. The largest absolute Gasteiger partial charge is 0.338 e. The average molecular weight is 216 g/mol. The standard InChI is InChI=1S/C10H8N4S/c11-6-8-7(9-2-1-5-15-9)3-4-14(13)10(8)12/h1-5,12H,13H2. The lowest BCUT2D eigenvalue weighted by molar-refractivity contribution is 0.875. The molecule has 0 spiro atoms. The lowest BCUT2D eigenvalue weighted by Crippen LogP contribution is -2.28. The van der Waals surface area contributed by atoms with Gasteiger partial charge >= 0.3 is 0 Å². The molecule has 0 saturated carbocycles. The van der Waals surface area contributed by atoms with Gasteiger partial charge in [0.05, 0.1) is 0 Å². The molecule has 4 nitrogen and oxygen atoms in total. The first-order valence-electron chi connectivity index (χ1n) is 4.23. The number of nitrogens with one attached hydrogen (secondary N) is 1. The van der Waals surface area contributed by atoms with Crippen LogP contribution in [0, 0.1) is 16.7 Å². The fraction of sp³-hybridized carbons (Fsp3) is 0. The zero-order chi connectivity index (χ0) is 10.8. The van der Waals surface area contributed by atoms with Crippen LogP contribution in [-0.2, 0) is 0 Å². The second kappa shape index (κ2) is 3.59. The van der Waals surface area contributed by atoms with E-state index in [2.05, 4.69) is 0 Å². The molecule has 0 fully saturated rings. The van der Waals surface area contributed by atoms with Gasteiger partial charge in [0.15, 0.2) is 5.49 Å². The summed E-state index contributed by atoms with van der Waals surface area (Å²) in [6.07, 6.45) is 1.58. The summed E-state index contributed by atoms with van der Waals surface area (Å²) in [6, 6.07) is 7.59. The number of nitrogen functional groups attached to an aromatic ring is 1. The fourth-order valence-corrected chi connectivity index (χ4v) is 2.08. The molecular formula is C10H8N4S. The van der Waals surface area contributed by atoms with E-state index in [4.69, 9.17) is 16.5 Å². The number of nitriles is 1. The minimum Gasteiger partial charge on any atom is -0.338 e. The Morgan fingerprint density at radius 2 is 2.27 bits per heavy atom. The average Bonchev–Trinajstić information content (AvgIpc) is 2.75. The molecule has 5 heteroatoms. The van der Waals surface area contributed by atoms with Gasteiger partial charge < -0.3 is 5.84 Å². The number of thiophene rings is 1. The third kappa shape index (κ3) is 1.51. The number of aromatic nitrogens is 1. The molecule has 0 radical (unpaired) electrons. The molecule has 0 aliphatic carbocycles. The van der Waals surface area contributed by atoms with Crippen molar-refractivity contribution in [2.45, 2.75) is 0 Å². The molecule has 0 saturated heterocycles. The summed E-state index contributed by atoms with van der Waals surface area (Å²) in [6.45, 7) is 0. The third-order valence-electron chi connectivity index (χ3n) is 2.06. The van der Waals surface area contributed by atoms with Crippen molar-refractivity contribution in [1.82, 2.24) is 4.68 Å². The van der Waals surface area contributed by atoms with E-state index in [-0.39, 0.29) is 5.49 Å². The highest BCUT2D eigenvalue weighted by Crippen LogP contribution is 2.25. The normalized spacial score (nSPS) is 9.80. The second-order valence-electron chi connectivity index (χ2n) is 2.95. The predicted octanol–water partition coefficient (Wildman–Crippen LogP) is 1.28. The van der Waals surface area contributed by atoms with Crippen molar-refractivity contribution in [3.63, 3.8) is 0 Å². The van der Waals surface area contributed by atoms with Crippen molar-refractivity contribution < 1.29 is 0 Å². The lowest BCUT2D eigenvalue weighted by Gasteiger charge is -2.04. The Kier molecular flexibility index (Phi) is 2.27. The Balaban J connectivity index is 2.75. The van der Waals surface area contributed by atoms with E-state index in [1.807, 2.05) is 23.6 Å². The molecule has 2 aromatic rings. The van der Waals surface area contributed by atoms with Gasteiger partial charge in [-0.05, 0) is 17.5 Å². The van der Waals surface area contributed by atoms with E-state index in [1.54, 1.807) is 12.3 Å². The van der Waals surface area contributed by atoms with Gasteiger partial charge in [0.1, 0.15) is 11.6 Å².